The Labute approximate surface area is 106 Å². The average Bonchev–Trinajstić information content (AvgIpc) is 2.67. The van der Waals surface area contributed by atoms with Crippen molar-refractivity contribution < 1.29 is 4.74 Å². The maximum Gasteiger partial charge on any atom is 0.166 e. The first-order valence-electron chi connectivity index (χ1n) is 4.69. The Kier molecular flexibility index (Phi) is 3.56. The van der Waals surface area contributed by atoms with Crippen LogP contribution in [0.1, 0.15) is 0 Å². The number of aromatic amines is 1. The average molecular weight is 299 g/mol. The fraction of sp³-hybridized carbons (Fsp3) is 0.182. The summed E-state index contributed by atoms with van der Waals surface area (Å²) in [7, 11) is 1.65. The molecular formula is C11H11BrN2OS. The number of nitrogens with zero attached hydrogens (tertiary/aromatic N) is 1. The number of imidazole rings is 1. The van der Waals surface area contributed by atoms with Crippen LogP contribution in [0.2, 0.25) is 0 Å². The van der Waals surface area contributed by atoms with Gasteiger partial charge in [-0.05, 0) is 16.6 Å². The van der Waals surface area contributed by atoms with E-state index < -0.39 is 0 Å². The van der Waals surface area contributed by atoms with Crippen LogP contribution in [0.25, 0.3) is 11.0 Å². The van der Waals surface area contributed by atoms with Crippen LogP contribution in [0.4, 0.5) is 0 Å². The Balaban J connectivity index is 2.25. The summed E-state index contributed by atoms with van der Waals surface area (Å²) in [5.74, 6) is 1.63. The lowest BCUT2D eigenvalue weighted by Gasteiger charge is -1.96. The highest BCUT2D eigenvalue weighted by molar-refractivity contribution is 9.11. The summed E-state index contributed by atoms with van der Waals surface area (Å²) in [5, 5.41) is 0.892. The number of methoxy groups -OCH3 is 1. The molecule has 0 fully saturated rings. The highest BCUT2D eigenvalue weighted by atomic mass is 79.9. The molecule has 5 heteroatoms. The van der Waals surface area contributed by atoms with Gasteiger partial charge in [-0.2, -0.15) is 0 Å². The number of fused-ring (bicyclic) bond motifs is 1. The van der Waals surface area contributed by atoms with Crippen molar-refractivity contribution in [1.29, 1.82) is 0 Å². The lowest BCUT2D eigenvalue weighted by molar-refractivity contribution is 0.415. The number of thioether (sulfide) groups is 1. The number of hydrogen-bond donors (Lipinski definition) is 1. The molecule has 1 heterocycles. The van der Waals surface area contributed by atoms with E-state index in [4.69, 9.17) is 4.74 Å². The SMILES string of the molecule is C=C(Br)CSc1nc2ccc(OC)cc2[nH]1. The Morgan fingerprint density at radius 1 is 1.62 bits per heavy atom. The highest BCUT2D eigenvalue weighted by Crippen LogP contribution is 2.24. The number of H-pyrrole nitrogens is 1. The monoisotopic (exact) mass is 298 g/mol. The highest BCUT2D eigenvalue weighted by Gasteiger charge is 2.04. The van der Waals surface area contributed by atoms with E-state index in [-0.39, 0.29) is 0 Å². The molecule has 0 aliphatic heterocycles. The minimum absolute atomic E-state index is 0.803. The first-order valence-corrected chi connectivity index (χ1v) is 6.47. The molecule has 0 spiro atoms. The van der Waals surface area contributed by atoms with E-state index in [9.17, 15) is 0 Å². The minimum atomic E-state index is 0.803. The molecule has 84 valence electrons. The standard InChI is InChI=1S/C11H11BrN2OS/c1-7(12)6-16-11-13-9-4-3-8(15-2)5-10(9)14-11/h3-5H,1,6H2,2H3,(H,13,14). The molecule has 2 rings (SSSR count). The van der Waals surface area contributed by atoms with Crippen molar-refractivity contribution in [2.45, 2.75) is 5.16 Å². The summed E-state index contributed by atoms with van der Waals surface area (Å²) < 4.78 is 6.11. The maximum atomic E-state index is 5.15. The quantitative estimate of drug-likeness (QED) is 0.877. The van der Waals surface area contributed by atoms with Crippen LogP contribution in [0.5, 0.6) is 5.75 Å². The second-order valence-electron chi connectivity index (χ2n) is 3.23. The summed E-state index contributed by atoms with van der Waals surface area (Å²) in [5.41, 5.74) is 1.94. The summed E-state index contributed by atoms with van der Waals surface area (Å²) >= 11 is 4.94. The molecular weight excluding hydrogens is 288 g/mol. The van der Waals surface area contributed by atoms with Gasteiger partial charge in [0.05, 0.1) is 18.1 Å². The number of benzene rings is 1. The molecule has 0 aliphatic rings. The summed E-state index contributed by atoms with van der Waals surface area (Å²) in [6, 6.07) is 5.79. The first-order chi connectivity index (χ1) is 7.69. The largest absolute Gasteiger partial charge is 0.497 e. The van der Waals surface area contributed by atoms with E-state index in [1.54, 1.807) is 18.9 Å². The van der Waals surface area contributed by atoms with Gasteiger partial charge in [0.2, 0.25) is 0 Å². The maximum absolute atomic E-state index is 5.15. The number of rotatable bonds is 4. The van der Waals surface area contributed by atoms with E-state index >= 15 is 0 Å². The smallest absolute Gasteiger partial charge is 0.166 e. The molecule has 16 heavy (non-hydrogen) atoms. The van der Waals surface area contributed by atoms with Gasteiger partial charge in [-0.15, -0.1) is 0 Å². The zero-order chi connectivity index (χ0) is 11.5. The second-order valence-corrected chi connectivity index (χ2v) is 5.32. The number of ether oxygens (including phenoxy) is 1. The molecule has 1 aromatic heterocycles. The zero-order valence-corrected chi connectivity index (χ0v) is 11.2. The van der Waals surface area contributed by atoms with Crippen molar-refractivity contribution in [3.05, 3.63) is 29.3 Å². The van der Waals surface area contributed by atoms with Gasteiger partial charge in [0.15, 0.2) is 5.16 Å². The van der Waals surface area contributed by atoms with Crippen molar-refractivity contribution in [1.82, 2.24) is 9.97 Å². The molecule has 1 aromatic carbocycles. The van der Waals surface area contributed by atoms with E-state index in [0.29, 0.717) is 0 Å². The van der Waals surface area contributed by atoms with Crippen LogP contribution in [-0.2, 0) is 0 Å². The predicted octanol–water partition coefficient (Wildman–Crippen LogP) is 3.57. The minimum Gasteiger partial charge on any atom is -0.497 e. The van der Waals surface area contributed by atoms with Crippen LogP contribution >= 0.6 is 27.7 Å². The van der Waals surface area contributed by atoms with Crippen LogP contribution in [-0.4, -0.2) is 22.8 Å². The van der Waals surface area contributed by atoms with Crippen molar-refractivity contribution in [3.8, 4) is 5.75 Å². The third-order valence-electron chi connectivity index (χ3n) is 2.03. The molecule has 2 aromatic rings. The van der Waals surface area contributed by atoms with Gasteiger partial charge >= 0.3 is 0 Å². The number of hydrogen-bond acceptors (Lipinski definition) is 3. The molecule has 0 atom stereocenters. The lowest BCUT2D eigenvalue weighted by atomic mass is 10.3. The Morgan fingerprint density at radius 3 is 3.12 bits per heavy atom. The van der Waals surface area contributed by atoms with Gasteiger partial charge in [0.25, 0.3) is 0 Å². The first kappa shape index (κ1) is 11.5. The van der Waals surface area contributed by atoms with E-state index in [1.165, 1.54) is 0 Å². The second kappa shape index (κ2) is 4.93. The third-order valence-corrected chi connectivity index (χ3v) is 3.64. The number of nitrogens with one attached hydrogen (secondary N) is 1. The van der Waals surface area contributed by atoms with Gasteiger partial charge in [0.1, 0.15) is 5.75 Å². The third kappa shape index (κ3) is 2.59. The van der Waals surface area contributed by atoms with E-state index in [1.807, 2.05) is 18.2 Å². The Hall–Kier alpha value is -0.940. The predicted molar refractivity (Wildman–Crippen MR) is 71.4 cm³/mol. The fourth-order valence-corrected chi connectivity index (χ4v) is 2.29. The van der Waals surface area contributed by atoms with Crippen LogP contribution in [0.15, 0.2) is 34.4 Å². The van der Waals surface area contributed by atoms with Crippen LogP contribution in [0, 0.1) is 0 Å². The van der Waals surface area contributed by atoms with Gasteiger partial charge < -0.3 is 9.72 Å². The van der Waals surface area contributed by atoms with Crippen LogP contribution in [0.3, 0.4) is 0 Å². The lowest BCUT2D eigenvalue weighted by Crippen LogP contribution is -1.81. The molecule has 0 bridgehead atoms. The molecule has 1 N–H and O–H groups in total. The Morgan fingerprint density at radius 2 is 2.44 bits per heavy atom. The van der Waals surface area contributed by atoms with Crippen molar-refractivity contribution >= 4 is 38.7 Å². The number of halogens is 1. The van der Waals surface area contributed by atoms with Gasteiger partial charge in [0, 0.05) is 11.8 Å². The van der Waals surface area contributed by atoms with E-state index in [0.717, 1.165) is 32.2 Å². The molecule has 0 aliphatic carbocycles. The molecule has 3 nitrogen and oxygen atoms in total. The fourth-order valence-electron chi connectivity index (χ4n) is 1.31. The summed E-state index contributed by atoms with van der Waals surface area (Å²) in [6.07, 6.45) is 0. The topological polar surface area (TPSA) is 37.9 Å². The van der Waals surface area contributed by atoms with Crippen molar-refractivity contribution in [3.63, 3.8) is 0 Å². The molecule has 0 amide bonds. The van der Waals surface area contributed by atoms with Gasteiger partial charge in [-0.1, -0.05) is 34.3 Å². The molecule has 0 saturated heterocycles. The summed E-state index contributed by atoms with van der Waals surface area (Å²) in [4.78, 5) is 7.69. The van der Waals surface area contributed by atoms with Crippen molar-refractivity contribution in [2.24, 2.45) is 0 Å². The zero-order valence-electron chi connectivity index (χ0n) is 8.79. The summed E-state index contributed by atoms with van der Waals surface area (Å²) in [6.45, 7) is 3.79. The normalized spacial score (nSPS) is 10.6. The van der Waals surface area contributed by atoms with Crippen molar-refractivity contribution in [2.75, 3.05) is 12.9 Å². The molecule has 0 saturated carbocycles. The molecule has 0 radical (unpaired) electrons. The van der Waals surface area contributed by atoms with Gasteiger partial charge in [-0.3, -0.25) is 0 Å². The van der Waals surface area contributed by atoms with E-state index in [2.05, 4.69) is 32.5 Å². The molecule has 0 unspecified atom stereocenters. The van der Waals surface area contributed by atoms with Gasteiger partial charge in [-0.25, -0.2) is 4.98 Å². The van der Waals surface area contributed by atoms with Crippen LogP contribution < -0.4 is 4.74 Å². The number of aromatic nitrogens is 2. The Bertz CT molecular complexity index is 524.